The molecule has 0 unspecified atom stereocenters. The molecule has 1 rings (SSSR count). The van der Waals surface area contributed by atoms with Crippen LogP contribution in [-0.4, -0.2) is 26.5 Å². The average Bonchev–Trinajstić information content (AvgIpc) is 2.15. The first kappa shape index (κ1) is 13.0. The van der Waals surface area contributed by atoms with Gasteiger partial charge in [0.25, 0.3) is 0 Å². The normalized spacial score (nSPS) is 11.2. The molecule has 0 heterocycles. The summed E-state index contributed by atoms with van der Waals surface area (Å²) in [5.41, 5.74) is 0.864. The predicted octanol–water partition coefficient (Wildman–Crippen LogP) is 1.58. The number of aryl methyl sites for hydroxylation is 1. The highest BCUT2D eigenvalue weighted by Crippen LogP contribution is 2.24. The van der Waals surface area contributed by atoms with Gasteiger partial charge >= 0.3 is 0 Å². The van der Waals surface area contributed by atoms with E-state index in [4.69, 9.17) is 11.6 Å². The molecule has 0 aromatic heterocycles. The van der Waals surface area contributed by atoms with E-state index in [-0.39, 0.29) is 16.5 Å². The Kier molecular flexibility index (Phi) is 3.93. The van der Waals surface area contributed by atoms with Crippen molar-refractivity contribution >= 4 is 33.0 Å². The Bertz CT molecular complexity index is 511. The number of hydrogen-bond acceptors (Lipinski definition) is 3. The molecule has 0 bridgehead atoms. The Balaban J connectivity index is 3.30. The monoisotopic (exact) mass is 261 g/mol. The number of carbonyl (C=O) groups is 1. The van der Waals surface area contributed by atoms with Gasteiger partial charge in [0.15, 0.2) is 9.84 Å². The highest BCUT2D eigenvalue weighted by atomic mass is 35.5. The van der Waals surface area contributed by atoms with Gasteiger partial charge in [-0.25, -0.2) is 8.42 Å². The van der Waals surface area contributed by atoms with Crippen LogP contribution >= 0.6 is 11.6 Å². The fraction of sp³-hybridized carbons (Fsp3) is 0.300. The van der Waals surface area contributed by atoms with Gasteiger partial charge in [-0.1, -0.05) is 12.1 Å². The number of sulfone groups is 1. The van der Waals surface area contributed by atoms with Gasteiger partial charge in [-0.05, 0) is 18.6 Å². The van der Waals surface area contributed by atoms with Gasteiger partial charge in [-0.3, -0.25) is 4.79 Å². The molecule has 0 fully saturated rings. The second-order valence-corrected chi connectivity index (χ2v) is 5.63. The third kappa shape index (κ3) is 2.96. The number of hydrogen-bond donors (Lipinski definition) is 1. The lowest BCUT2D eigenvalue weighted by molar-refractivity contribution is -0.113. The van der Waals surface area contributed by atoms with Gasteiger partial charge in [0.1, 0.15) is 5.88 Å². The lowest BCUT2D eigenvalue weighted by Gasteiger charge is -2.11. The molecular weight excluding hydrogens is 250 g/mol. The summed E-state index contributed by atoms with van der Waals surface area (Å²) in [5, 5.41) is 2.46. The first-order chi connectivity index (χ1) is 7.36. The van der Waals surface area contributed by atoms with E-state index in [0.717, 1.165) is 6.26 Å². The molecule has 6 heteroatoms. The summed E-state index contributed by atoms with van der Waals surface area (Å²) in [4.78, 5) is 11.3. The Labute approximate surface area is 99.5 Å². The zero-order valence-electron chi connectivity index (χ0n) is 8.95. The van der Waals surface area contributed by atoms with E-state index in [2.05, 4.69) is 5.32 Å². The number of nitrogens with one attached hydrogen (secondary N) is 1. The standard InChI is InChI=1S/C10H12ClNO3S/c1-7-4-3-5-8(12-9(13)6-11)10(7)16(2,14)15/h3-5H,6H2,1-2H3,(H,12,13). The van der Waals surface area contributed by atoms with Crippen molar-refractivity contribution in [1.29, 1.82) is 0 Å². The van der Waals surface area contributed by atoms with Gasteiger partial charge < -0.3 is 5.32 Å². The van der Waals surface area contributed by atoms with Crippen LogP contribution in [0.15, 0.2) is 23.1 Å². The van der Waals surface area contributed by atoms with Crippen LogP contribution < -0.4 is 5.32 Å². The van der Waals surface area contributed by atoms with Crippen LogP contribution in [0.5, 0.6) is 0 Å². The number of halogens is 1. The van der Waals surface area contributed by atoms with Crippen LogP contribution in [0.4, 0.5) is 5.69 Å². The Morgan fingerprint density at radius 2 is 2.06 bits per heavy atom. The molecule has 0 spiro atoms. The largest absolute Gasteiger partial charge is 0.324 e. The van der Waals surface area contributed by atoms with E-state index in [1.54, 1.807) is 19.1 Å². The molecule has 0 radical (unpaired) electrons. The van der Waals surface area contributed by atoms with Gasteiger partial charge in [0.05, 0.1) is 10.6 Å². The topological polar surface area (TPSA) is 63.2 Å². The maximum Gasteiger partial charge on any atom is 0.239 e. The zero-order chi connectivity index (χ0) is 12.3. The molecule has 16 heavy (non-hydrogen) atoms. The van der Waals surface area contributed by atoms with Gasteiger partial charge in [-0.2, -0.15) is 0 Å². The Morgan fingerprint density at radius 3 is 2.56 bits per heavy atom. The summed E-state index contributed by atoms with van der Waals surface area (Å²) in [6, 6.07) is 4.88. The van der Waals surface area contributed by atoms with Crippen LogP contribution in [0.25, 0.3) is 0 Å². The number of benzene rings is 1. The van der Waals surface area contributed by atoms with Crippen LogP contribution in [-0.2, 0) is 14.6 Å². The summed E-state index contributed by atoms with van der Waals surface area (Å²) >= 11 is 5.35. The molecule has 0 aliphatic rings. The Morgan fingerprint density at radius 1 is 1.44 bits per heavy atom. The van der Waals surface area contributed by atoms with E-state index < -0.39 is 15.7 Å². The van der Waals surface area contributed by atoms with Crippen LogP contribution in [0.2, 0.25) is 0 Å². The highest BCUT2D eigenvalue weighted by Gasteiger charge is 2.17. The summed E-state index contributed by atoms with van der Waals surface area (Å²) in [6.45, 7) is 1.67. The van der Waals surface area contributed by atoms with E-state index in [9.17, 15) is 13.2 Å². The second-order valence-electron chi connectivity index (χ2n) is 3.41. The van der Waals surface area contributed by atoms with Crippen molar-refractivity contribution in [3.63, 3.8) is 0 Å². The molecule has 1 aromatic rings. The van der Waals surface area contributed by atoms with Gasteiger partial charge in [-0.15, -0.1) is 11.6 Å². The maximum absolute atomic E-state index is 11.6. The van der Waals surface area contributed by atoms with Crippen molar-refractivity contribution in [3.8, 4) is 0 Å². The first-order valence-electron chi connectivity index (χ1n) is 4.51. The van der Waals surface area contributed by atoms with Crippen molar-refractivity contribution in [2.24, 2.45) is 0 Å². The minimum atomic E-state index is -3.38. The number of rotatable bonds is 3. The van der Waals surface area contributed by atoms with Crippen LogP contribution in [0, 0.1) is 6.92 Å². The molecule has 1 N–H and O–H groups in total. The molecular formula is C10H12ClNO3S. The molecule has 1 amide bonds. The summed E-state index contributed by atoms with van der Waals surface area (Å²) in [5.74, 6) is -0.644. The van der Waals surface area contributed by atoms with E-state index in [1.807, 2.05) is 0 Å². The van der Waals surface area contributed by atoms with E-state index in [1.165, 1.54) is 6.07 Å². The third-order valence-electron chi connectivity index (χ3n) is 1.98. The van der Waals surface area contributed by atoms with Crippen molar-refractivity contribution < 1.29 is 13.2 Å². The molecule has 0 atom stereocenters. The number of anilines is 1. The molecule has 0 aliphatic heterocycles. The Hall–Kier alpha value is -1.07. The number of amides is 1. The summed E-state index contributed by atoms with van der Waals surface area (Å²) in [7, 11) is -3.38. The number of alkyl halides is 1. The first-order valence-corrected chi connectivity index (χ1v) is 6.94. The third-order valence-corrected chi connectivity index (χ3v) is 3.50. The molecule has 0 saturated heterocycles. The van der Waals surface area contributed by atoms with Crippen LogP contribution in [0.3, 0.4) is 0 Å². The van der Waals surface area contributed by atoms with Crippen molar-refractivity contribution in [3.05, 3.63) is 23.8 Å². The number of carbonyl (C=O) groups excluding carboxylic acids is 1. The minimum Gasteiger partial charge on any atom is -0.324 e. The molecule has 1 aromatic carbocycles. The fourth-order valence-electron chi connectivity index (χ4n) is 1.43. The SMILES string of the molecule is Cc1cccc(NC(=O)CCl)c1S(C)(=O)=O. The lowest BCUT2D eigenvalue weighted by Crippen LogP contribution is -2.15. The highest BCUT2D eigenvalue weighted by molar-refractivity contribution is 7.91. The molecule has 88 valence electrons. The smallest absolute Gasteiger partial charge is 0.239 e. The fourth-order valence-corrected chi connectivity index (χ4v) is 2.66. The van der Waals surface area contributed by atoms with Crippen molar-refractivity contribution in [2.45, 2.75) is 11.8 Å². The van der Waals surface area contributed by atoms with Gasteiger partial charge in [0.2, 0.25) is 5.91 Å². The van der Waals surface area contributed by atoms with Crippen LogP contribution in [0.1, 0.15) is 5.56 Å². The quantitative estimate of drug-likeness (QED) is 0.840. The second kappa shape index (κ2) is 4.84. The summed E-state index contributed by atoms with van der Waals surface area (Å²) in [6.07, 6.45) is 1.10. The summed E-state index contributed by atoms with van der Waals surface area (Å²) < 4.78 is 23.1. The van der Waals surface area contributed by atoms with E-state index in [0.29, 0.717) is 5.56 Å². The average molecular weight is 262 g/mol. The molecule has 4 nitrogen and oxygen atoms in total. The molecule has 0 aliphatic carbocycles. The van der Waals surface area contributed by atoms with Crippen molar-refractivity contribution in [2.75, 3.05) is 17.5 Å². The van der Waals surface area contributed by atoms with Crippen molar-refractivity contribution in [1.82, 2.24) is 0 Å². The lowest BCUT2D eigenvalue weighted by atomic mass is 10.2. The predicted molar refractivity (Wildman–Crippen MR) is 63.6 cm³/mol. The molecule has 0 saturated carbocycles. The maximum atomic E-state index is 11.6. The van der Waals surface area contributed by atoms with E-state index >= 15 is 0 Å². The minimum absolute atomic E-state index is 0.133. The van der Waals surface area contributed by atoms with Gasteiger partial charge in [0, 0.05) is 6.26 Å². The zero-order valence-corrected chi connectivity index (χ0v) is 10.5.